The maximum Gasteiger partial charge on any atom is 0.274 e. The van der Waals surface area contributed by atoms with E-state index in [4.69, 9.17) is 0 Å². The van der Waals surface area contributed by atoms with E-state index in [2.05, 4.69) is 20.6 Å². The predicted molar refractivity (Wildman–Crippen MR) is 95.6 cm³/mol. The zero-order chi connectivity index (χ0) is 17.8. The van der Waals surface area contributed by atoms with Gasteiger partial charge in [0.15, 0.2) is 0 Å². The van der Waals surface area contributed by atoms with Gasteiger partial charge in [-0.15, -0.1) is 0 Å². The van der Waals surface area contributed by atoms with Gasteiger partial charge in [-0.1, -0.05) is 18.2 Å². The lowest BCUT2D eigenvalue weighted by Gasteiger charge is -2.09. The summed E-state index contributed by atoms with van der Waals surface area (Å²) in [4.78, 5) is 20.5. The first kappa shape index (κ1) is 16.6. The van der Waals surface area contributed by atoms with Gasteiger partial charge in [0, 0.05) is 11.9 Å². The van der Waals surface area contributed by atoms with E-state index >= 15 is 0 Å². The smallest absolute Gasteiger partial charge is 0.274 e. The van der Waals surface area contributed by atoms with Gasteiger partial charge in [-0.05, 0) is 55.3 Å². The van der Waals surface area contributed by atoms with Gasteiger partial charge in [0.05, 0.1) is 5.69 Å². The van der Waals surface area contributed by atoms with Crippen molar-refractivity contribution < 1.29 is 9.18 Å². The Morgan fingerprint density at radius 1 is 1.04 bits per heavy atom. The zero-order valence-electron chi connectivity index (χ0n) is 13.9. The second-order valence-electron chi connectivity index (χ2n) is 5.62. The second-order valence-corrected chi connectivity index (χ2v) is 5.62. The van der Waals surface area contributed by atoms with Gasteiger partial charge in [0.25, 0.3) is 5.91 Å². The molecule has 0 spiro atoms. The Morgan fingerprint density at radius 3 is 2.60 bits per heavy atom. The van der Waals surface area contributed by atoms with E-state index in [1.165, 1.54) is 18.3 Å². The Hall–Kier alpha value is -3.28. The molecule has 25 heavy (non-hydrogen) atoms. The third-order valence-electron chi connectivity index (χ3n) is 3.77. The summed E-state index contributed by atoms with van der Waals surface area (Å²) in [5, 5.41) is 5.57. The number of hydrogen-bond donors (Lipinski definition) is 2. The van der Waals surface area contributed by atoms with Gasteiger partial charge in [0.1, 0.15) is 11.5 Å². The van der Waals surface area contributed by atoms with Crippen LogP contribution in [0.25, 0.3) is 0 Å². The molecule has 0 saturated heterocycles. The minimum absolute atomic E-state index is 0.151. The number of halogens is 1. The number of aromatic nitrogens is 2. The Kier molecular flexibility index (Phi) is 4.70. The molecule has 126 valence electrons. The molecule has 2 N–H and O–H groups in total. The number of amides is 1. The number of anilines is 3. The molecule has 0 saturated carbocycles. The van der Waals surface area contributed by atoms with Crippen molar-refractivity contribution in [3.63, 3.8) is 0 Å². The third-order valence-corrected chi connectivity index (χ3v) is 3.77. The van der Waals surface area contributed by atoms with Gasteiger partial charge < -0.3 is 10.6 Å². The fraction of sp³-hybridized carbons (Fsp3) is 0.105. The van der Waals surface area contributed by atoms with Crippen molar-refractivity contribution in [3.05, 3.63) is 77.4 Å². The van der Waals surface area contributed by atoms with Crippen LogP contribution >= 0.6 is 0 Å². The standard InChI is InChI=1S/C19H17FN4O/c1-12-7-8-14(11-13(12)2)22-18(25)17-9-10-21-19(24-17)23-16-6-4-3-5-15(16)20/h3-11H,1-2H3,(H,22,25)(H,21,23,24). The molecular weight excluding hydrogens is 319 g/mol. The van der Waals surface area contributed by atoms with Gasteiger partial charge in [0.2, 0.25) is 5.95 Å². The third kappa shape index (κ3) is 3.98. The minimum Gasteiger partial charge on any atom is -0.322 e. The molecule has 1 heterocycles. The van der Waals surface area contributed by atoms with Crippen LogP contribution in [0, 0.1) is 19.7 Å². The molecule has 0 bridgehead atoms. The number of nitrogens with zero attached hydrogens (tertiary/aromatic N) is 2. The number of benzene rings is 2. The molecule has 2 aromatic carbocycles. The summed E-state index contributed by atoms with van der Waals surface area (Å²) < 4.78 is 13.7. The van der Waals surface area contributed by atoms with Crippen LogP contribution in [0.15, 0.2) is 54.7 Å². The van der Waals surface area contributed by atoms with Crippen LogP contribution in [0.1, 0.15) is 21.6 Å². The molecule has 3 aromatic rings. The van der Waals surface area contributed by atoms with Crippen LogP contribution in [0.4, 0.5) is 21.7 Å². The topological polar surface area (TPSA) is 66.9 Å². The number of nitrogens with one attached hydrogen (secondary N) is 2. The average molecular weight is 336 g/mol. The normalized spacial score (nSPS) is 10.4. The van der Waals surface area contributed by atoms with E-state index in [1.54, 1.807) is 18.2 Å². The summed E-state index contributed by atoms with van der Waals surface area (Å²) in [5.41, 5.74) is 3.36. The highest BCUT2D eigenvalue weighted by Gasteiger charge is 2.11. The fourth-order valence-electron chi connectivity index (χ4n) is 2.24. The predicted octanol–water partition coefficient (Wildman–Crippen LogP) is 4.23. The number of para-hydroxylation sites is 1. The Labute approximate surface area is 145 Å². The van der Waals surface area contributed by atoms with E-state index in [9.17, 15) is 9.18 Å². The second kappa shape index (κ2) is 7.09. The number of carbonyl (C=O) groups is 1. The molecule has 0 atom stereocenters. The molecule has 6 heteroatoms. The van der Waals surface area contributed by atoms with E-state index in [1.807, 2.05) is 32.0 Å². The number of rotatable bonds is 4. The van der Waals surface area contributed by atoms with Crippen LogP contribution in [0.3, 0.4) is 0 Å². The van der Waals surface area contributed by atoms with Gasteiger partial charge >= 0.3 is 0 Å². The van der Waals surface area contributed by atoms with Crippen molar-refractivity contribution >= 4 is 23.2 Å². The monoisotopic (exact) mass is 336 g/mol. The molecule has 0 aliphatic heterocycles. The van der Waals surface area contributed by atoms with Gasteiger partial charge in [-0.25, -0.2) is 14.4 Å². The maximum absolute atomic E-state index is 13.7. The summed E-state index contributed by atoms with van der Waals surface area (Å²) in [6.07, 6.45) is 1.45. The van der Waals surface area contributed by atoms with Crippen molar-refractivity contribution in [3.8, 4) is 0 Å². The molecule has 0 aliphatic rings. The van der Waals surface area contributed by atoms with E-state index in [-0.39, 0.29) is 23.2 Å². The molecule has 1 amide bonds. The van der Waals surface area contributed by atoms with Crippen LogP contribution in [-0.4, -0.2) is 15.9 Å². The van der Waals surface area contributed by atoms with Crippen molar-refractivity contribution in [2.75, 3.05) is 10.6 Å². The van der Waals surface area contributed by atoms with Crippen LogP contribution < -0.4 is 10.6 Å². The number of carbonyl (C=O) groups excluding carboxylic acids is 1. The summed E-state index contributed by atoms with van der Waals surface area (Å²) in [6.45, 7) is 3.98. The summed E-state index contributed by atoms with van der Waals surface area (Å²) in [6, 6.07) is 13.4. The highest BCUT2D eigenvalue weighted by Crippen LogP contribution is 2.18. The zero-order valence-corrected chi connectivity index (χ0v) is 13.9. The molecule has 1 aromatic heterocycles. The molecule has 0 radical (unpaired) electrons. The molecule has 0 fully saturated rings. The van der Waals surface area contributed by atoms with Crippen molar-refractivity contribution in [1.29, 1.82) is 0 Å². The number of aryl methyl sites for hydroxylation is 2. The van der Waals surface area contributed by atoms with Crippen molar-refractivity contribution in [2.24, 2.45) is 0 Å². The lowest BCUT2D eigenvalue weighted by Crippen LogP contribution is -2.15. The minimum atomic E-state index is -0.420. The summed E-state index contributed by atoms with van der Waals surface area (Å²) in [7, 11) is 0. The molecule has 5 nitrogen and oxygen atoms in total. The first-order chi connectivity index (χ1) is 12.0. The summed E-state index contributed by atoms with van der Waals surface area (Å²) in [5.74, 6) is -0.629. The van der Waals surface area contributed by atoms with Crippen LogP contribution in [0.2, 0.25) is 0 Å². The SMILES string of the molecule is Cc1ccc(NC(=O)c2ccnc(Nc3ccccc3F)n2)cc1C. The van der Waals surface area contributed by atoms with Gasteiger partial charge in [-0.3, -0.25) is 4.79 Å². The van der Waals surface area contributed by atoms with Gasteiger partial charge in [-0.2, -0.15) is 0 Å². The molecule has 0 aliphatic carbocycles. The quantitative estimate of drug-likeness (QED) is 0.748. The first-order valence-corrected chi connectivity index (χ1v) is 7.76. The van der Waals surface area contributed by atoms with E-state index < -0.39 is 5.82 Å². The lowest BCUT2D eigenvalue weighted by molar-refractivity contribution is 0.102. The number of hydrogen-bond acceptors (Lipinski definition) is 4. The maximum atomic E-state index is 13.7. The van der Waals surface area contributed by atoms with Crippen LogP contribution in [0.5, 0.6) is 0 Å². The first-order valence-electron chi connectivity index (χ1n) is 7.76. The fourth-order valence-corrected chi connectivity index (χ4v) is 2.24. The Bertz CT molecular complexity index is 927. The molecule has 3 rings (SSSR count). The molecule has 0 unspecified atom stereocenters. The van der Waals surface area contributed by atoms with E-state index in [0.29, 0.717) is 5.69 Å². The average Bonchev–Trinajstić information content (AvgIpc) is 2.60. The highest BCUT2D eigenvalue weighted by molar-refractivity contribution is 6.03. The van der Waals surface area contributed by atoms with Crippen LogP contribution in [-0.2, 0) is 0 Å². The molecular formula is C19H17FN4O. The lowest BCUT2D eigenvalue weighted by atomic mass is 10.1. The van der Waals surface area contributed by atoms with Crippen molar-refractivity contribution in [1.82, 2.24) is 9.97 Å². The largest absolute Gasteiger partial charge is 0.322 e. The highest BCUT2D eigenvalue weighted by atomic mass is 19.1. The summed E-state index contributed by atoms with van der Waals surface area (Å²) >= 11 is 0. The Morgan fingerprint density at radius 2 is 1.84 bits per heavy atom. The van der Waals surface area contributed by atoms with Crippen molar-refractivity contribution in [2.45, 2.75) is 13.8 Å². The van der Waals surface area contributed by atoms with E-state index in [0.717, 1.165) is 11.1 Å². The Balaban J connectivity index is 1.77.